The zero-order valence-electron chi connectivity index (χ0n) is 48.2. The van der Waals surface area contributed by atoms with Crippen LogP contribution in [0.2, 0.25) is 0 Å². The number of carbonyl (C=O) groups excluding carboxylic acids is 7. The van der Waals surface area contributed by atoms with Crippen molar-refractivity contribution in [1.82, 2.24) is 20.4 Å². The van der Waals surface area contributed by atoms with Crippen LogP contribution in [0.3, 0.4) is 0 Å². The van der Waals surface area contributed by atoms with E-state index in [4.69, 9.17) is 33.2 Å². The number of methoxy groups -OCH3 is 2. The molecule has 3 aromatic rings. The second-order valence-electron chi connectivity index (χ2n) is 20.3. The molecule has 23 heteroatoms. The number of ketones is 2. The summed E-state index contributed by atoms with van der Waals surface area (Å²) in [6.07, 6.45) is 9.08. The van der Waals surface area contributed by atoms with Gasteiger partial charge in [-0.1, -0.05) is 75.6 Å². The Kier molecular flexibility index (Phi) is 21.7. The molecule has 4 aliphatic heterocycles. The monoisotopic (exact) mass is 1160 g/mol. The molecule has 0 fully saturated rings. The van der Waals surface area contributed by atoms with E-state index in [-0.39, 0.29) is 123 Å². The van der Waals surface area contributed by atoms with Gasteiger partial charge in [0.25, 0.3) is 17.6 Å². The molecule has 84 heavy (non-hydrogen) atoms. The summed E-state index contributed by atoms with van der Waals surface area (Å²) in [5.41, 5.74) is 2.94. The predicted octanol–water partition coefficient (Wildman–Crippen LogP) is 6.67. The topological polar surface area (TPSA) is 274 Å². The van der Waals surface area contributed by atoms with Crippen molar-refractivity contribution in [2.45, 2.75) is 97.1 Å². The summed E-state index contributed by atoms with van der Waals surface area (Å²) in [5.74, 6) is -2.68. The SMILES string of the molecule is C=CCOC(=O)C(=O)[C@@H](NCC(=O)[C@H](C)NCNc1ccc(COC(=O)N2c3cc(OCCCOc4cc5c(cc4OC)C(=O)N4C=C(/C=C/C)C[C@H]4[C@H](O)N5C(=O)OCC=C)c(OC)cc3C(=O)N3C=C(/C=C/C)C[C@H]3[C@@H]2O)cc1)C(C)C. The molecule has 0 spiro atoms. The Labute approximate surface area is 487 Å². The van der Waals surface area contributed by atoms with Crippen LogP contribution in [-0.2, 0) is 35.2 Å². The molecule has 0 aromatic heterocycles. The number of hydrogen-bond acceptors (Lipinski definition) is 19. The minimum absolute atomic E-state index is 0.00243. The first-order valence-electron chi connectivity index (χ1n) is 27.4. The molecule has 23 nitrogen and oxygen atoms in total. The molecule has 5 N–H and O–H groups in total. The van der Waals surface area contributed by atoms with Gasteiger partial charge in [0.2, 0.25) is 0 Å². The summed E-state index contributed by atoms with van der Waals surface area (Å²) in [6.45, 7) is 15.5. The van der Waals surface area contributed by atoms with Crippen LogP contribution >= 0.6 is 0 Å². The second-order valence-corrected chi connectivity index (χ2v) is 20.3. The highest BCUT2D eigenvalue weighted by Crippen LogP contribution is 2.44. The van der Waals surface area contributed by atoms with Crippen molar-refractivity contribution in [1.29, 1.82) is 0 Å². The Morgan fingerprint density at radius 3 is 1.67 bits per heavy atom. The Hall–Kier alpha value is -8.77. The summed E-state index contributed by atoms with van der Waals surface area (Å²) in [7, 11) is 2.80. The average molecular weight is 1160 g/mol. The second kappa shape index (κ2) is 29.0. The standard InChI is InChI=1S/C61H73N7O16/c1-10-15-39-25-46-57(73)67(60(76)83-22-13-4)44-29-51(49(78-8)27-42(44)55(71)65(46)32-39)80-23-14-24-81-52-30-45-43(28-50(52)79-9)56(72)66-33-40(16-11-2)26-47(66)58(74)68(45)61(77)84-34-38-17-19-41(20-18-38)64-35-63-37(7)48(69)31-62-53(36(5)6)54(70)59(75)82-21-12-3/h10-13,15-20,27-30,32-33,36-37,46-47,53,57-58,62-64,73-74H,3-4,14,21-26,31,34-35H2,1-2,5-9H3/b15-10+,16-11+/t37-,46-,47-,53-,57-,58-/m0/s1. The van der Waals surface area contributed by atoms with Crippen LogP contribution in [0.1, 0.15) is 80.2 Å². The maximum atomic E-state index is 14.4. The molecule has 4 heterocycles. The number of fused-ring (bicyclic) bond motifs is 4. The smallest absolute Gasteiger partial charge is 0.416 e. The van der Waals surface area contributed by atoms with Crippen molar-refractivity contribution in [3.8, 4) is 23.0 Å². The Morgan fingerprint density at radius 1 is 0.690 bits per heavy atom. The van der Waals surface area contributed by atoms with Crippen molar-refractivity contribution >= 4 is 58.6 Å². The first kappa shape index (κ1) is 62.8. The number of ether oxygens (including phenoxy) is 7. The van der Waals surface area contributed by atoms with Gasteiger partial charge < -0.3 is 58.5 Å². The van der Waals surface area contributed by atoms with E-state index >= 15 is 0 Å². The average Bonchev–Trinajstić information content (AvgIpc) is 3.20. The Bertz CT molecular complexity index is 3100. The molecule has 0 bridgehead atoms. The molecule has 7 rings (SSSR count). The number of hydrogen-bond donors (Lipinski definition) is 5. The van der Waals surface area contributed by atoms with Crippen LogP contribution in [0.15, 0.2) is 122 Å². The van der Waals surface area contributed by atoms with E-state index in [1.165, 1.54) is 60.4 Å². The third kappa shape index (κ3) is 14.3. The normalized spacial score (nSPS) is 18.8. The number of rotatable bonds is 27. The van der Waals surface area contributed by atoms with E-state index in [1.54, 1.807) is 57.4 Å². The zero-order chi connectivity index (χ0) is 60.8. The predicted molar refractivity (Wildman–Crippen MR) is 311 cm³/mol. The molecule has 0 aliphatic carbocycles. The van der Waals surface area contributed by atoms with Gasteiger partial charge in [0.1, 0.15) is 19.8 Å². The summed E-state index contributed by atoms with van der Waals surface area (Å²) >= 11 is 0. The molecule has 0 unspecified atom stereocenters. The van der Waals surface area contributed by atoms with Crippen molar-refractivity contribution in [2.75, 3.05) is 69.0 Å². The minimum atomic E-state index is -1.58. The highest BCUT2D eigenvalue weighted by molar-refractivity contribution is 6.35. The number of anilines is 3. The molecule has 6 atom stereocenters. The number of nitrogens with one attached hydrogen (secondary N) is 3. The van der Waals surface area contributed by atoms with Crippen LogP contribution in [0.4, 0.5) is 26.7 Å². The highest BCUT2D eigenvalue weighted by Gasteiger charge is 2.47. The number of amides is 4. The Balaban J connectivity index is 1.02. The lowest BCUT2D eigenvalue weighted by atomic mass is 9.99. The van der Waals surface area contributed by atoms with Gasteiger partial charge in [0.15, 0.2) is 41.2 Å². The van der Waals surface area contributed by atoms with Crippen molar-refractivity contribution in [3.63, 3.8) is 0 Å². The number of nitrogens with zero attached hydrogens (tertiary/aromatic N) is 4. The van der Waals surface area contributed by atoms with E-state index in [1.807, 2.05) is 38.2 Å². The van der Waals surface area contributed by atoms with Crippen molar-refractivity contribution in [3.05, 3.63) is 138 Å². The number of carbonyl (C=O) groups is 7. The maximum Gasteiger partial charge on any atom is 0.416 e. The third-order valence-corrected chi connectivity index (χ3v) is 14.2. The van der Waals surface area contributed by atoms with Crippen LogP contribution in [0.25, 0.3) is 0 Å². The number of aliphatic hydroxyl groups is 2. The number of allylic oxidation sites excluding steroid dienone is 4. The van der Waals surface area contributed by atoms with E-state index in [0.717, 1.165) is 20.9 Å². The van der Waals surface area contributed by atoms with Crippen LogP contribution in [0.5, 0.6) is 23.0 Å². The van der Waals surface area contributed by atoms with Gasteiger partial charge in [-0.3, -0.25) is 29.8 Å². The summed E-state index contributed by atoms with van der Waals surface area (Å²) in [5, 5.41) is 33.0. The van der Waals surface area contributed by atoms with Gasteiger partial charge in [-0.15, -0.1) is 0 Å². The molecular formula is C61H73N7O16. The van der Waals surface area contributed by atoms with E-state index in [0.29, 0.717) is 11.3 Å². The van der Waals surface area contributed by atoms with Crippen molar-refractivity contribution in [2.24, 2.45) is 5.92 Å². The number of benzene rings is 3. The fourth-order valence-electron chi connectivity index (χ4n) is 9.91. The van der Waals surface area contributed by atoms with E-state index < -0.39 is 72.4 Å². The van der Waals surface area contributed by atoms with Crippen LogP contribution < -0.4 is 44.7 Å². The third-order valence-electron chi connectivity index (χ3n) is 14.2. The van der Waals surface area contributed by atoms with Crippen LogP contribution in [-0.4, -0.2) is 152 Å². The Morgan fingerprint density at radius 2 is 1.19 bits per heavy atom. The van der Waals surface area contributed by atoms with Crippen molar-refractivity contribution < 1.29 is 76.9 Å². The summed E-state index contributed by atoms with van der Waals surface area (Å²) in [6, 6.07) is 9.47. The lowest BCUT2D eigenvalue weighted by Gasteiger charge is -2.31. The molecular weight excluding hydrogens is 1090 g/mol. The zero-order valence-corrected chi connectivity index (χ0v) is 48.2. The fraction of sp³-hybridized carbons (Fsp3) is 0.393. The lowest BCUT2D eigenvalue weighted by molar-refractivity contribution is -0.154. The van der Waals surface area contributed by atoms with E-state index in [9.17, 15) is 43.8 Å². The van der Waals surface area contributed by atoms with Gasteiger partial charge in [0, 0.05) is 36.6 Å². The van der Waals surface area contributed by atoms with Gasteiger partial charge in [-0.2, -0.15) is 0 Å². The molecule has 3 aromatic carbocycles. The molecule has 0 radical (unpaired) electrons. The molecule has 448 valence electrons. The quantitative estimate of drug-likeness (QED) is 0.0133. The minimum Gasteiger partial charge on any atom is -0.493 e. The number of esters is 1. The molecule has 0 saturated carbocycles. The van der Waals surface area contributed by atoms with Gasteiger partial charge in [-0.25, -0.2) is 24.2 Å². The molecule has 4 amide bonds. The highest BCUT2D eigenvalue weighted by atomic mass is 16.6. The molecule has 4 aliphatic rings. The first-order valence-corrected chi connectivity index (χ1v) is 27.4. The fourth-order valence-corrected chi connectivity index (χ4v) is 9.91. The maximum absolute atomic E-state index is 14.4. The van der Waals surface area contributed by atoms with Gasteiger partial charge >= 0.3 is 18.2 Å². The lowest BCUT2D eigenvalue weighted by Crippen LogP contribution is -2.50. The number of Topliss-reactive ketones (excluding diaryl/α,β-unsaturated/α-hetero) is 2. The summed E-state index contributed by atoms with van der Waals surface area (Å²) in [4.78, 5) is 99.0. The first-order chi connectivity index (χ1) is 40.4. The number of aliphatic hydroxyl groups excluding tert-OH is 2. The largest absolute Gasteiger partial charge is 0.493 e. The van der Waals surface area contributed by atoms with Crippen LogP contribution in [0, 0.1) is 5.92 Å². The summed E-state index contributed by atoms with van der Waals surface area (Å²) < 4.78 is 39.9. The van der Waals surface area contributed by atoms with E-state index in [2.05, 4.69) is 29.1 Å². The molecule has 0 saturated heterocycles. The van der Waals surface area contributed by atoms with Gasteiger partial charge in [-0.05, 0) is 80.5 Å². The van der Waals surface area contributed by atoms with Gasteiger partial charge in [0.05, 0.1) is 87.3 Å².